The first-order valence-electron chi connectivity index (χ1n) is 13.4. The Morgan fingerprint density at radius 1 is 0.905 bits per heavy atom. The number of benzene rings is 4. The Hall–Kier alpha value is -4.54. The van der Waals surface area contributed by atoms with Crippen LogP contribution in [0.25, 0.3) is 0 Å². The number of carbonyl (C=O) groups is 2. The SMILES string of the molecule is CC(OC(=O)CC1c2ccccc2CCN1S(=O)(=O)c1ccc(F)cc1)C(=O)Nc1ccc(Oc2ccccc2)cc1. The lowest BCUT2D eigenvalue weighted by Crippen LogP contribution is -2.41. The summed E-state index contributed by atoms with van der Waals surface area (Å²) >= 11 is 0. The van der Waals surface area contributed by atoms with Crippen LogP contribution in [0, 0.1) is 5.82 Å². The van der Waals surface area contributed by atoms with Gasteiger partial charge in [0.2, 0.25) is 10.0 Å². The van der Waals surface area contributed by atoms with Crippen molar-refractivity contribution in [3.8, 4) is 11.5 Å². The first-order valence-corrected chi connectivity index (χ1v) is 14.8. The van der Waals surface area contributed by atoms with E-state index in [1.165, 1.54) is 23.4 Å². The van der Waals surface area contributed by atoms with Gasteiger partial charge in [0.05, 0.1) is 17.4 Å². The molecule has 216 valence electrons. The topological polar surface area (TPSA) is 102 Å². The summed E-state index contributed by atoms with van der Waals surface area (Å²) in [6.07, 6.45) is -0.991. The Labute approximate surface area is 243 Å². The molecule has 0 saturated carbocycles. The Bertz CT molecular complexity index is 1660. The summed E-state index contributed by atoms with van der Waals surface area (Å²) in [5.74, 6) is -0.557. The summed E-state index contributed by atoms with van der Waals surface area (Å²) in [6, 6.07) is 27.0. The summed E-state index contributed by atoms with van der Waals surface area (Å²) in [5, 5.41) is 2.71. The van der Waals surface area contributed by atoms with Gasteiger partial charge in [0.15, 0.2) is 6.10 Å². The molecule has 2 atom stereocenters. The lowest BCUT2D eigenvalue weighted by atomic mass is 9.92. The number of fused-ring (bicyclic) bond motifs is 1. The van der Waals surface area contributed by atoms with Gasteiger partial charge in [0, 0.05) is 12.2 Å². The Kier molecular flexibility index (Phi) is 8.65. The molecule has 5 rings (SSSR count). The molecule has 1 N–H and O–H groups in total. The number of anilines is 1. The first kappa shape index (κ1) is 29.0. The second kappa shape index (κ2) is 12.5. The van der Waals surface area contributed by atoms with Gasteiger partial charge in [-0.3, -0.25) is 9.59 Å². The second-order valence-electron chi connectivity index (χ2n) is 9.80. The van der Waals surface area contributed by atoms with Gasteiger partial charge in [-0.2, -0.15) is 4.31 Å². The van der Waals surface area contributed by atoms with E-state index in [0.29, 0.717) is 29.2 Å². The van der Waals surface area contributed by atoms with Gasteiger partial charge in [-0.15, -0.1) is 0 Å². The van der Waals surface area contributed by atoms with Crippen LogP contribution in [0.15, 0.2) is 108 Å². The number of hydrogen-bond acceptors (Lipinski definition) is 6. The average Bonchev–Trinajstić information content (AvgIpc) is 2.99. The molecule has 1 aliphatic heterocycles. The van der Waals surface area contributed by atoms with Gasteiger partial charge in [-0.05, 0) is 85.1 Å². The van der Waals surface area contributed by atoms with E-state index in [2.05, 4.69) is 5.32 Å². The van der Waals surface area contributed by atoms with Crippen LogP contribution in [0.2, 0.25) is 0 Å². The van der Waals surface area contributed by atoms with Crippen LogP contribution >= 0.6 is 0 Å². The fourth-order valence-corrected chi connectivity index (χ4v) is 6.41. The van der Waals surface area contributed by atoms with E-state index in [0.717, 1.165) is 17.7 Å². The maximum absolute atomic E-state index is 13.5. The highest BCUT2D eigenvalue weighted by Gasteiger charge is 2.38. The molecule has 0 fully saturated rings. The Balaban J connectivity index is 1.25. The van der Waals surface area contributed by atoms with Gasteiger partial charge in [-0.1, -0.05) is 42.5 Å². The molecule has 42 heavy (non-hydrogen) atoms. The molecule has 0 aromatic heterocycles. The van der Waals surface area contributed by atoms with E-state index in [9.17, 15) is 22.4 Å². The van der Waals surface area contributed by atoms with E-state index in [4.69, 9.17) is 9.47 Å². The molecular formula is C32H29FN2O6S. The number of amides is 1. The number of nitrogens with one attached hydrogen (secondary N) is 1. The third-order valence-corrected chi connectivity index (χ3v) is 8.84. The summed E-state index contributed by atoms with van der Waals surface area (Å²) in [4.78, 5) is 25.8. The zero-order valence-electron chi connectivity index (χ0n) is 22.8. The molecule has 0 saturated heterocycles. The zero-order valence-corrected chi connectivity index (χ0v) is 23.6. The van der Waals surface area contributed by atoms with Crippen molar-refractivity contribution in [2.75, 3.05) is 11.9 Å². The van der Waals surface area contributed by atoms with Gasteiger partial charge in [0.25, 0.3) is 5.91 Å². The molecule has 1 aliphatic rings. The number of carbonyl (C=O) groups excluding carboxylic acids is 2. The van der Waals surface area contributed by atoms with Crippen molar-refractivity contribution in [2.45, 2.75) is 36.8 Å². The molecule has 0 radical (unpaired) electrons. The Morgan fingerprint density at radius 2 is 1.55 bits per heavy atom. The van der Waals surface area contributed by atoms with E-state index in [-0.39, 0.29) is 17.9 Å². The van der Waals surface area contributed by atoms with Gasteiger partial charge in [0.1, 0.15) is 17.3 Å². The van der Waals surface area contributed by atoms with Crippen LogP contribution in [-0.2, 0) is 30.8 Å². The van der Waals surface area contributed by atoms with Crippen molar-refractivity contribution in [1.29, 1.82) is 0 Å². The monoisotopic (exact) mass is 588 g/mol. The second-order valence-corrected chi connectivity index (χ2v) is 11.7. The highest BCUT2D eigenvalue weighted by molar-refractivity contribution is 7.89. The molecule has 1 amide bonds. The van der Waals surface area contributed by atoms with Crippen molar-refractivity contribution in [3.05, 3.63) is 120 Å². The number of esters is 1. The molecule has 0 spiro atoms. The smallest absolute Gasteiger partial charge is 0.308 e. The molecule has 4 aromatic carbocycles. The minimum Gasteiger partial charge on any atom is -0.457 e. The van der Waals surface area contributed by atoms with Crippen LogP contribution in [0.4, 0.5) is 10.1 Å². The summed E-state index contributed by atoms with van der Waals surface area (Å²) in [6.45, 7) is 1.58. The number of rotatable bonds is 9. The lowest BCUT2D eigenvalue weighted by Gasteiger charge is -2.36. The third kappa shape index (κ3) is 6.67. The summed E-state index contributed by atoms with van der Waals surface area (Å²) in [5.41, 5.74) is 2.09. The Morgan fingerprint density at radius 3 is 2.26 bits per heavy atom. The number of nitrogens with zero attached hydrogens (tertiary/aromatic N) is 1. The summed E-state index contributed by atoms with van der Waals surface area (Å²) in [7, 11) is -4.06. The largest absolute Gasteiger partial charge is 0.457 e. The summed E-state index contributed by atoms with van der Waals surface area (Å²) < 4.78 is 53.0. The molecule has 2 unspecified atom stereocenters. The minimum absolute atomic E-state index is 0.0745. The normalized spacial score (nSPS) is 15.7. The molecule has 0 bridgehead atoms. The molecular weight excluding hydrogens is 559 g/mol. The molecule has 10 heteroatoms. The number of hydrogen-bond donors (Lipinski definition) is 1. The minimum atomic E-state index is -4.06. The van der Waals surface area contributed by atoms with Crippen LogP contribution in [-0.4, -0.2) is 37.2 Å². The zero-order chi connectivity index (χ0) is 29.7. The van der Waals surface area contributed by atoms with E-state index in [1.54, 1.807) is 36.4 Å². The van der Waals surface area contributed by atoms with E-state index in [1.807, 2.05) is 42.5 Å². The highest BCUT2D eigenvalue weighted by Crippen LogP contribution is 2.36. The predicted octanol–water partition coefficient (Wildman–Crippen LogP) is 5.87. The highest BCUT2D eigenvalue weighted by atomic mass is 32.2. The molecule has 8 nitrogen and oxygen atoms in total. The number of sulfonamides is 1. The van der Waals surface area contributed by atoms with Crippen molar-refractivity contribution in [2.24, 2.45) is 0 Å². The number of halogens is 1. The molecule has 4 aromatic rings. The van der Waals surface area contributed by atoms with Crippen molar-refractivity contribution in [1.82, 2.24) is 4.31 Å². The average molecular weight is 589 g/mol. The number of para-hydroxylation sites is 1. The van der Waals surface area contributed by atoms with E-state index < -0.39 is 39.9 Å². The van der Waals surface area contributed by atoms with Crippen LogP contribution in [0.5, 0.6) is 11.5 Å². The maximum Gasteiger partial charge on any atom is 0.308 e. The van der Waals surface area contributed by atoms with Crippen LogP contribution < -0.4 is 10.1 Å². The standard InChI is InChI=1S/C32H29FN2O6S/c1-22(32(37)34-25-13-15-27(16-14-25)41-26-8-3-2-4-9-26)40-31(36)21-30-29-10-6-5-7-23(29)19-20-35(30)42(38,39)28-17-11-24(33)12-18-28/h2-18,22,30H,19-21H2,1H3,(H,34,37). The van der Waals surface area contributed by atoms with Crippen LogP contribution in [0.1, 0.15) is 30.5 Å². The number of ether oxygens (including phenoxy) is 2. The molecule has 1 heterocycles. The predicted molar refractivity (Wildman–Crippen MR) is 155 cm³/mol. The third-order valence-electron chi connectivity index (χ3n) is 6.92. The van der Waals surface area contributed by atoms with Crippen LogP contribution in [0.3, 0.4) is 0 Å². The maximum atomic E-state index is 13.5. The molecule has 0 aliphatic carbocycles. The quantitative estimate of drug-likeness (QED) is 0.246. The van der Waals surface area contributed by atoms with Gasteiger partial charge in [-0.25, -0.2) is 12.8 Å². The van der Waals surface area contributed by atoms with Crippen molar-refractivity contribution in [3.63, 3.8) is 0 Å². The van der Waals surface area contributed by atoms with Gasteiger partial charge < -0.3 is 14.8 Å². The van der Waals surface area contributed by atoms with Crippen molar-refractivity contribution >= 4 is 27.6 Å². The fraction of sp³-hybridized carbons (Fsp3) is 0.188. The fourth-order valence-electron chi connectivity index (χ4n) is 4.80. The van der Waals surface area contributed by atoms with E-state index >= 15 is 0 Å². The lowest BCUT2D eigenvalue weighted by molar-refractivity contribution is -0.154. The van der Waals surface area contributed by atoms with Crippen molar-refractivity contribution < 1.29 is 31.9 Å². The van der Waals surface area contributed by atoms with Gasteiger partial charge >= 0.3 is 5.97 Å². The first-order chi connectivity index (χ1) is 20.2.